The minimum atomic E-state index is -0.245. The van der Waals surface area contributed by atoms with Gasteiger partial charge in [0.25, 0.3) is 5.91 Å². The van der Waals surface area contributed by atoms with Crippen molar-refractivity contribution in [2.45, 2.75) is 23.6 Å². The summed E-state index contributed by atoms with van der Waals surface area (Å²) in [5, 5.41) is 5.39. The molecule has 3 aromatic rings. The third kappa shape index (κ3) is 3.34. The Morgan fingerprint density at radius 3 is 2.54 bits per heavy atom. The Labute approximate surface area is 153 Å². The molecule has 0 radical (unpaired) electrons. The first-order valence-corrected chi connectivity index (χ1v) is 8.69. The normalized spacial score (nSPS) is 10.8. The summed E-state index contributed by atoms with van der Waals surface area (Å²) >= 11 is 13.5. The van der Waals surface area contributed by atoms with Gasteiger partial charge in [-0.2, -0.15) is 9.78 Å². The first kappa shape index (κ1) is 17.0. The van der Waals surface area contributed by atoms with E-state index < -0.39 is 0 Å². The molecule has 2 heterocycles. The fourth-order valence-electron chi connectivity index (χ4n) is 2.24. The van der Waals surface area contributed by atoms with Gasteiger partial charge in [-0.15, -0.1) is 0 Å². The Balaban J connectivity index is 1.96. The highest BCUT2D eigenvalue weighted by Gasteiger charge is 2.19. The van der Waals surface area contributed by atoms with Crippen LogP contribution in [0.5, 0.6) is 0 Å². The number of benzene rings is 1. The highest BCUT2D eigenvalue weighted by Crippen LogP contribution is 2.36. The molecular weight excluding hydrogens is 365 g/mol. The first-order chi connectivity index (χ1) is 11.5. The summed E-state index contributed by atoms with van der Waals surface area (Å²) in [5.74, 6) is -0.245. The Kier molecular flexibility index (Phi) is 4.94. The number of pyridine rings is 1. The predicted molar refractivity (Wildman–Crippen MR) is 96.3 cm³/mol. The van der Waals surface area contributed by atoms with Crippen molar-refractivity contribution in [2.24, 2.45) is 0 Å². The second-order valence-electron chi connectivity index (χ2n) is 5.12. The minimum Gasteiger partial charge on any atom is -0.267 e. The molecule has 0 fully saturated rings. The van der Waals surface area contributed by atoms with Gasteiger partial charge in [-0.3, -0.25) is 4.79 Å². The van der Waals surface area contributed by atoms with Gasteiger partial charge in [-0.25, -0.2) is 4.98 Å². The van der Waals surface area contributed by atoms with Crippen molar-refractivity contribution >= 4 is 40.9 Å². The molecule has 4 nitrogen and oxygen atoms in total. The maximum atomic E-state index is 12.6. The number of nitrogens with zero attached hydrogens (tertiary/aromatic N) is 3. The van der Waals surface area contributed by atoms with Crippen molar-refractivity contribution in [3.05, 3.63) is 69.7 Å². The molecule has 7 heteroatoms. The van der Waals surface area contributed by atoms with E-state index in [1.54, 1.807) is 12.1 Å². The molecule has 122 valence electrons. The molecule has 0 saturated carbocycles. The Hall–Kier alpha value is -1.82. The van der Waals surface area contributed by atoms with Crippen LogP contribution < -0.4 is 0 Å². The molecule has 0 aliphatic carbocycles. The lowest BCUT2D eigenvalue weighted by molar-refractivity contribution is 0.0941. The van der Waals surface area contributed by atoms with E-state index in [-0.39, 0.29) is 5.91 Å². The quantitative estimate of drug-likeness (QED) is 0.599. The lowest BCUT2D eigenvalue weighted by Crippen LogP contribution is -2.15. The predicted octanol–water partition coefficient (Wildman–Crippen LogP) is 5.04. The van der Waals surface area contributed by atoms with E-state index in [1.807, 2.05) is 38.1 Å². The zero-order chi connectivity index (χ0) is 17.3. The largest absolute Gasteiger partial charge is 0.279 e. The van der Waals surface area contributed by atoms with Crippen molar-refractivity contribution < 1.29 is 4.79 Å². The molecule has 0 saturated heterocycles. The van der Waals surface area contributed by atoms with Gasteiger partial charge >= 0.3 is 0 Å². The van der Waals surface area contributed by atoms with Gasteiger partial charge in [-0.1, -0.05) is 47.1 Å². The third-order valence-corrected chi connectivity index (χ3v) is 5.48. The van der Waals surface area contributed by atoms with Crippen molar-refractivity contribution in [1.82, 2.24) is 14.8 Å². The maximum absolute atomic E-state index is 12.6. The number of aryl methyl sites for hydroxylation is 1. The SMILES string of the molecule is Cc1nn(C(=O)c2ccc(Cl)nc2)c(C)c1Sc1ccccc1Cl. The topological polar surface area (TPSA) is 47.8 Å². The molecule has 1 aromatic carbocycles. The van der Waals surface area contributed by atoms with E-state index in [9.17, 15) is 4.79 Å². The van der Waals surface area contributed by atoms with E-state index in [4.69, 9.17) is 23.2 Å². The molecule has 2 aromatic heterocycles. The van der Waals surface area contributed by atoms with E-state index >= 15 is 0 Å². The van der Waals surface area contributed by atoms with Crippen LogP contribution in [0.15, 0.2) is 52.4 Å². The summed E-state index contributed by atoms with van der Waals surface area (Å²) in [5.41, 5.74) is 1.96. The van der Waals surface area contributed by atoms with Crippen molar-refractivity contribution in [3.8, 4) is 0 Å². The lowest BCUT2D eigenvalue weighted by atomic mass is 10.2. The third-order valence-electron chi connectivity index (χ3n) is 3.44. The summed E-state index contributed by atoms with van der Waals surface area (Å²) in [7, 11) is 0. The van der Waals surface area contributed by atoms with Gasteiger partial charge in [0.2, 0.25) is 0 Å². The summed E-state index contributed by atoms with van der Waals surface area (Å²) in [6.45, 7) is 3.73. The van der Waals surface area contributed by atoms with Crippen LogP contribution >= 0.6 is 35.0 Å². The molecule has 3 rings (SSSR count). The molecule has 0 aliphatic rings. The number of rotatable bonds is 3. The number of halogens is 2. The fourth-order valence-corrected chi connectivity index (χ4v) is 3.55. The number of carbonyl (C=O) groups excluding carboxylic acids is 1. The van der Waals surface area contributed by atoms with Gasteiger partial charge in [0, 0.05) is 11.1 Å². The highest BCUT2D eigenvalue weighted by atomic mass is 35.5. The van der Waals surface area contributed by atoms with E-state index in [0.29, 0.717) is 15.7 Å². The van der Waals surface area contributed by atoms with Crippen LogP contribution in [0.1, 0.15) is 21.7 Å². The van der Waals surface area contributed by atoms with Crippen LogP contribution in [0.2, 0.25) is 10.2 Å². The van der Waals surface area contributed by atoms with Crippen LogP contribution in [0.4, 0.5) is 0 Å². The van der Waals surface area contributed by atoms with Crippen molar-refractivity contribution in [2.75, 3.05) is 0 Å². The smallest absolute Gasteiger partial charge is 0.267 e. The van der Waals surface area contributed by atoms with Crippen LogP contribution in [0.3, 0.4) is 0 Å². The second kappa shape index (κ2) is 6.97. The van der Waals surface area contributed by atoms with Gasteiger partial charge in [0.15, 0.2) is 0 Å². The zero-order valence-electron chi connectivity index (χ0n) is 13.0. The van der Waals surface area contributed by atoms with E-state index in [1.165, 1.54) is 22.6 Å². The van der Waals surface area contributed by atoms with Crippen molar-refractivity contribution in [3.63, 3.8) is 0 Å². The minimum absolute atomic E-state index is 0.245. The van der Waals surface area contributed by atoms with Crippen molar-refractivity contribution in [1.29, 1.82) is 0 Å². The Bertz CT molecular complexity index is 907. The zero-order valence-corrected chi connectivity index (χ0v) is 15.3. The Morgan fingerprint density at radius 1 is 1.12 bits per heavy atom. The van der Waals surface area contributed by atoms with Crippen LogP contribution in [0.25, 0.3) is 0 Å². The van der Waals surface area contributed by atoms with Gasteiger partial charge in [0.1, 0.15) is 5.15 Å². The standard InChI is InChI=1S/C17H13Cl2N3OS/c1-10-16(24-14-6-4-3-5-13(14)18)11(2)22(21-10)17(23)12-7-8-15(19)20-9-12/h3-9H,1-2H3. The fraction of sp³-hybridized carbons (Fsp3) is 0.118. The van der Waals surface area contributed by atoms with E-state index in [0.717, 1.165) is 21.2 Å². The average Bonchev–Trinajstić information content (AvgIpc) is 2.85. The molecule has 0 aliphatic heterocycles. The number of carbonyl (C=O) groups is 1. The van der Waals surface area contributed by atoms with E-state index in [2.05, 4.69) is 10.1 Å². The molecule has 0 amide bonds. The first-order valence-electron chi connectivity index (χ1n) is 7.12. The molecule has 24 heavy (non-hydrogen) atoms. The highest BCUT2D eigenvalue weighted by molar-refractivity contribution is 7.99. The molecule has 0 atom stereocenters. The van der Waals surface area contributed by atoms with Gasteiger partial charge in [0.05, 0.1) is 26.9 Å². The summed E-state index contributed by atoms with van der Waals surface area (Å²) < 4.78 is 1.39. The molecule has 0 N–H and O–H groups in total. The molecule has 0 spiro atoms. The second-order valence-corrected chi connectivity index (χ2v) is 6.97. The summed E-state index contributed by atoms with van der Waals surface area (Å²) in [4.78, 5) is 18.4. The number of aromatic nitrogens is 3. The molecule has 0 bridgehead atoms. The number of hydrogen-bond donors (Lipinski definition) is 0. The molecule has 0 unspecified atom stereocenters. The maximum Gasteiger partial charge on any atom is 0.279 e. The monoisotopic (exact) mass is 377 g/mol. The average molecular weight is 378 g/mol. The van der Waals surface area contributed by atoms with Crippen LogP contribution in [-0.2, 0) is 0 Å². The van der Waals surface area contributed by atoms with Gasteiger partial charge in [-0.05, 0) is 38.1 Å². The van der Waals surface area contributed by atoms with Crippen LogP contribution in [0, 0.1) is 13.8 Å². The Morgan fingerprint density at radius 2 is 1.88 bits per heavy atom. The number of hydrogen-bond acceptors (Lipinski definition) is 4. The molecular formula is C17H13Cl2N3OS. The van der Waals surface area contributed by atoms with Gasteiger partial charge < -0.3 is 0 Å². The van der Waals surface area contributed by atoms with Crippen LogP contribution in [-0.4, -0.2) is 20.7 Å². The summed E-state index contributed by atoms with van der Waals surface area (Å²) in [6, 6.07) is 10.8. The summed E-state index contributed by atoms with van der Waals surface area (Å²) in [6.07, 6.45) is 1.45. The lowest BCUT2D eigenvalue weighted by Gasteiger charge is -2.05.